The lowest BCUT2D eigenvalue weighted by Crippen LogP contribution is -2.35. The van der Waals surface area contributed by atoms with Crippen LogP contribution < -0.4 is 10.1 Å². The highest BCUT2D eigenvalue weighted by atomic mass is 32.2. The average molecular weight is 312 g/mol. The van der Waals surface area contributed by atoms with Gasteiger partial charge < -0.3 is 10.1 Å². The van der Waals surface area contributed by atoms with Gasteiger partial charge in [0.05, 0.1) is 34.4 Å². The van der Waals surface area contributed by atoms with E-state index in [-0.39, 0.29) is 11.5 Å². The Kier molecular flexibility index (Phi) is 3.13. The summed E-state index contributed by atoms with van der Waals surface area (Å²) in [7, 11) is -1.29. The van der Waals surface area contributed by atoms with Crippen molar-refractivity contribution in [1.29, 1.82) is 0 Å². The molecule has 0 saturated carbocycles. The van der Waals surface area contributed by atoms with Crippen LogP contribution in [0.5, 0.6) is 5.75 Å². The minimum absolute atomic E-state index is 0.166. The summed E-state index contributed by atoms with van der Waals surface area (Å²) >= 11 is 1.52. The Labute approximate surface area is 121 Å². The maximum atomic E-state index is 11.6. The highest BCUT2D eigenvalue weighted by molar-refractivity contribution is 7.91. The topological polar surface area (TPSA) is 68.3 Å². The highest BCUT2D eigenvalue weighted by Crippen LogP contribution is 2.33. The van der Waals surface area contributed by atoms with Gasteiger partial charge in [-0.05, 0) is 31.5 Å². The van der Waals surface area contributed by atoms with Crippen molar-refractivity contribution < 1.29 is 13.2 Å². The normalized spacial score (nSPS) is 24.9. The van der Waals surface area contributed by atoms with Crippen LogP contribution in [0.25, 0.3) is 10.2 Å². The van der Waals surface area contributed by atoms with Gasteiger partial charge in [-0.3, -0.25) is 0 Å². The molecule has 1 aromatic carbocycles. The molecule has 0 amide bonds. The molecule has 3 rings (SSSR count). The van der Waals surface area contributed by atoms with E-state index in [2.05, 4.69) is 10.3 Å². The minimum Gasteiger partial charge on any atom is -0.497 e. The maximum absolute atomic E-state index is 11.6. The molecule has 1 aliphatic heterocycles. The molecule has 1 aliphatic rings. The zero-order valence-corrected chi connectivity index (χ0v) is 13.0. The van der Waals surface area contributed by atoms with Crippen molar-refractivity contribution in [2.24, 2.45) is 0 Å². The summed E-state index contributed by atoms with van der Waals surface area (Å²) in [5.41, 5.74) is 0.472. The summed E-state index contributed by atoms with van der Waals surface area (Å²) in [5, 5.41) is 4.04. The summed E-state index contributed by atoms with van der Waals surface area (Å²) in [6, 6.07) is 5.71. The van der Waals surface area contributed by atoms with Crippen molar-refractivity contribution in [3.8, 4) is 5.75 Å². The summed E-state index contributed by atoms with van der Waals surface area (Å²) in [6.07, 6.45) is 0.620. The molecule has 1 atom stereocenters. The Hall–Kier alpha value is -1.34. The summed E-state index contributed by atoms with van der Waals surface area (Å²) in [5.74, 6) is 1.21. The van der Waals surface area contributed by atoms with Gasteiger partial charge in [0.1, 0.15) is 5.75 Å². The number of anilines is 1. The fourth-order valence-electron chi connectivity index (χ4n) is 2.45. The lowest BCUT2D eigenvalue weighted by molar-refractivity contribution is 0.415. The molecule has 1 unspecified atom stereocenters. The molecule has 0 spiro atoms. The molecule has 0 aliphatic carbocycles. The van der Waals surface area contributed by atoms with Gasteiger partial charge in [-0.25, -0.2) is 13.4 Å². The second kappa shape index (κ2) is 4.60. The lowest BCUT2D eigenvalue weighted by atomic mass is 10.0. The monoisotopic (exact) mass is 312 g/mol. The molecule has 7 heteroatoms. The summed E-state index contributed by atoms with van der Waals surface area (Å²) in [6.45, 7) is 1.93. The molecule has 2 heterocycles. The quantitative estimate of drug-likeness (QED) is 0.942. The molecular formula is C13H16N2O3S2. The molecule has 1 N–H and O–H groups in total. The molecule has 0 radical (unpaired) electrons. The Morgan fingerprint density at radius 1 is 1.45 bits per heavy atom. The Morgan fingerprint density at radius 3 is 2.90 bits per heavy atom. The van der Waals surface area contributed by atoms with E-state index in [4.69, 9.17) is 4.74 Å². The smallest absolute Gasteiger partial charge is 0.184 e. The maximum Gasteiger partial charge on any atom is 0.184 e. The third-order valence-corrected chi connectivity index (χ3v) is 6.34. The Bertz CT molecular complexity index is 754. The predicted molar refractivity (Wildman–Crippen MR) is 81.5 cm³/mol. The predicted octanol–water partition coefficient (Wildman–Crippen LogP) is 2.29. The van der Waals surface area contributed by atoms with E-state index < -0.39 is 15.4 Å². The molecule has 1 saturated heterocycles. The van der Waals surface area contributed by atoms with Crippen LogP contribution >= 0.6 is 11.3 Å². The number of methoxy groups -OCH3 is 1. The number of ether oxygens (including phenoxy) is 1. The number of hydrogen-bond acceptors (Lipinski definition) is 6. The van der Waals surface area contributed by atoms with Crippen LogP contribution in [-0.4, -0.2) is 37.6 Å². The summed E-state index contributed by atoms with van der Waals surface area (Å²) in [4.78, 5) is 4.50. The van der Waals surface area contributed by atoms with Crippen molar-refractivity contribution >= 4 is 36.5 Å². The van der Waals surface area contributed by atoms with E-state index in [0.29, 0.717) is 6.42 Å². The SMILES string of the molecule is COc1ccc2nc(NC3(C)CCS(=O)(=O)C3)sc2c1. The van der Waals surface area contributed by atoms with Gasteiger partial charge in [-0.2, -0.15) is 0 Å². The van der Waals surface area contributed by atoms with Crippen LogP contribution in [0.1, 0.15) is 13.3 Å². The number of hydrogen-bond donors (Lipinski definition) is 1. The molecule has 20 heavy (non-hydrogen) atoms. The van der Waals surface area contributed by atoms with Gasteiger partial charge >= 0.3 is 0 Å². The van der Waals surface area contributed by atoms with Crippen LogP contribution in [0, 0.1) is 0 Å². The van der Waals surface area contributed by atoms with Gasteiger partial charge in [0, 0.05) is 0 Å². The number of benzene rings is 1. The van der Waals surface area contributed by atoms with E-state index in [1.165, 1.54) is 11.3 Å². The molecule has 1 fully saturated rings. The summed E-state index contributed by atoms with van der Waals surface area (Å²) < 4.78 is 29.5. The first kappa shape index (κ1) is 13.6. The van der Waals surface area contributed by atoms with Crippen LogP contribution in [0.4, 0.5) is 5.13 Å². The first-order valence-electron chi connectivity index (χ1n) is 6.32. The van der Waals surface area contributed by atoms with E-state index in [1.807, 2.05) is 25.1 Å². The molecular weight excluding hydrogens is 296 g/mol. The number of fused-ring (bicyclic) bond motifs is 1. The van der Waals surface area contributed by atoms with Gasteiger partial charge in [-0.15, -0.1) is 0 Å². The second-order valence-corrected chi connectivity index (χ2v) is 8.60. The van der Waals surface area contributed by atoms with E-state index in [0.717, 1.165) is 21.1 Å². The van der Waals surface area contributed by atoms with Gasteiger partial charge in [0.2, 0.25) is 0 Å². The van der Waals surface area contributed by atoms with Crippen LogP contribution in [0.2, 0.25) is 0 Å². The second-order valence-electron chi connectivity index (χ2n) is 5.38. The van der Waals surface area contributed by atoms with Crippen molar-refractivity contribution in [2.45, 2.75) is 18.9 Å². The largest absolute Gasteiger partial charge is 0.497 e. The molecule has 1 aromatic heterocycles. The molecule has 0 bridgehead atoms. The van der Waals surface area contributed by atoms with Gasteiger partial charge in [-0.1, -0.05) is 11.3 Å². The third-order valence-electron chi connectivity index (χ3n) is 3.51. The molecule has 5 nitrogen and oxygen atoms in total. The van der Waals surface area contributed by atoms with Gasteiger partial charge in [0.15, 0.2) is 15.0 Å². The van der Waals surface area contributed by atoms with Crippen molar-refractivity contribution in [3.05, 3.63) is 18.2 Å². The number of aromatic nitrogens is 1. The first-order chi connectivity index (χ1) is 9.39. The Morgan fingerprint density at radius 2 is 2.25 bits per heavy atom. The molecule has 108 valence electrons. The Balaban J connectivity index is 1.88. The number of nitrogens with one attached hydrogen (secondary N) is 1. The van der Waals surface area contributed by atoms with Crippen molar-refractivity contribution in [2.75, 3.05) is 23.9 Å². The van der Waals surface area contributed by atoms with Crippen LogP contribution in [0.3, 0.4) is 0 Å². The number of thiazole rings is 1. The highest BCUT2D eigenvalue weighted by Gasteiger charge is 2.38. The number of rotatable bonds is 3. The standard InChI is InChI=1S/C13H16N2O3S2/c1-13(5-6-20(16,17)8-13)15-12-14-10-4-3-9(18-2)7-11(10)19-12/h3-4,7H,5-6,8H2,1-2H3,(H,14,15). The zero-order valence-electron chi connectivity index (χ0n) is 11.3. The fourth-order valence-corrected chi connectivity index (χ4v) is 5.59. The third kappa shape index (κ3) is 2.60. The zero-order chi connectivity index (χ0) is 14.4. The molecule has 2 aromatic rings. The van der Waals surface area contributed by atoms with Crippen molar-refractivity contribution in [1.82, 2.24) is 4.98 Å². The van der Waals surface area contributed by atoms with E-state index in [1.54, 1.807) is 7.11 Å². The van der Waals surface area contributed by atoms with Crippen molar-refractivity contribution in [3.63, 3.8) is 0 Å². The van der Waals surface area contributed by atoms with Crippen LogP contribution in [0.15, 0.2) is 18.2 Å². The van der Waals surface area contributed by atoms with E-state index >= 15 is 0 Å². The minimum atomic E-state index is -2.92. The first-order valence-corrected chi connectivity index (χ1v) is 8.96. The van der Waals surface area contributed by atoms with E-state index in [9.17, 15) is 8.42 Å². The number of sulfone groups is 1. The van der Waals surface area contributed by atoms with Crippen LogP contribution in [-0.2, 0) is 9.84 Å². The number of nitrogens with zero attached hydrogens (tertiary/aromatic N) is 1. The van der Waals surface area contributed by atoms with Gasteiger partial charge in [0.25, 0.3) is 0 Å². The fraction of sp³-hybridized carbons (Fsp3) is 0.462. The average Bonchev–Trinajstić information content (AvgIpc) is 2.88. The lowest BCUT2D eigenvalue weighted by Gasteiger charge is -2.23.